The highest BCUT2D eigenvalue weighted by molar-refractivity contribution is 6.31. The lowest BCUT2D eigenvalue weighted by molar-refractivity contribution is 0.174. The fourth-order valence-corrected chi connectivity index (χ4v) is 3.63. The predicted molar refractivity (Wildman–Crippen MR) is 119 cm³/mol. The van der Waals surface area contributed by atoms with E-state index in [1.807, 2.05) is 30.3 Å². The summed E-state index contributed by atoms with van der Waals surface area (Å²) in [6, 6.07) is 14.6. The first-order chi connectivity index (χ1) is 15.2. The number of imidazole rings is 1. The minimum atomic E-state index is 0.114. The van der Waals surface area contributed by atoms with Crippen LogP contribution in [0, 0.1) is 0 Å². The van der Waals surface area contributed by atoms with Crippen LogP contribution in [0.2, 0.25) is 5.02 Å². The SMILES string of the molecule is Oc1ccc(Cl)cc1-c1cc(-c2ccc3c(c2)OCO3)cc(NCCc2cnc[nH]2)n1. The highest BCUT2D eigenvalue weighted by Gasteiger charge is 2.16. The van der Waals surface area contributed by atoms with Crippen LogP contribution in [0.5, 0.6) is 17.2 Å². The van der Waals surface area contributed by atoms with E-state index >= 15 is 0 Å². The first-order valence-electron chi connectivity index (χ1n) is 9.78. The zero-order valence-corrected chi connectivity index (χ0v) is 17.2. The van der Waals surface area contributed by atoms with Crippen LogP contribution in [0.15, 0.2) is 61.1 Å². The number of aromatic nitrogens is 3. The average Bonchev–Trinajstić information content (AvgIpc) is 3.46. The maximum atomic E-state index is 10.4. The van der Waals surface area contributed by atoms with E-state index < -0.39 is 0 Å². The minimum absolute atomic E-state index is 0.114. The molecule has 1 aliphatic rings. The number of aromatic hydroxyl groups is 1. The van der Waals surface area contributed by atoms with Gasteiger partial charge in [0.05, 0.1) is 12.0 Å². The van der Waals surface area contributed by atoms with E-state index in [1.165, 1.54) is 0 Å². The summed E-state index contributed by atoms with van der Waals surface area (Å²) in [6.45, 7) is 0.887. The van der Waals surface area contributed by atoms with Crippen molar-refractivity contribution >= 4 is 17.4 Å². The third-order valence-corrected chi connectivity index (χ3v) is 5.26. The Bertz CT molecular complexity index is 1230. The Kier molecular flexibility index (Phi) is 5.09. The molecule has 0 atom stereocenters. The Balaban J connectivity index is 1.52. The number of hydrogen-bond donors (Lipinski definition) is 3. The molecule has 31 heavy (non-hydrogen) atoms. The number of rotatable bonds is 6. The molecule has 0 saturated heterocycles. The number of phenolic OH excluding ortho intramolecular Hbond substituents is 1. The standard InChI is InChI=1S/C23H19ClN4O3/c24-16-2-3-20(29)18(10-16)19-7-15(14-1-4-21-22(8-14)31-13-30-21)9-23(28-19)26-6-5-17-11-25-12-27-17/h1-4,7-12,29H,5-6,13H2,(H,25,27)(H,26,28). The molecule has 0 unspecified atom stereocenters. The van der Waals surface area contributed by atoms with E-state index in [1.54, 1.807) is 30.7 Å². The van der Waals surface area contributed by atoms with Crippen molar-refractivity contribution in [3.8, 4) is 39.6 Å². The molecule has 0 saturated carbocycles. The number of aromatic amines is 1. The Morgan fingerprint density at radius 1 is 1.03 bits per heavy atom. The summed E-state index contributed by atoms with van der Waals surface area (Å²) in [5.41, 5.74) is 4.08. The number of H-pyrrole nitrogens is 1. The molecule has 8 heteroatoms. The van der Waals surface area contributed by atoms with Gasteiger partial charge in [-0.25, -0.2) is 9.97 Å². The maximum absolute atomic E-state index is 10.4. The van der Waals surface area contributed by atoms with Gasteiger partial charge in [0.2, 0.25) is 6.79 Å². The lowest BCUT2D eigenvalue weighted by atomic mass is 10.0. The number of nitrogens with one attached hydrogen (secondary N) is 2. The summed E-state index contributed by atoms with van der Waals surface area (Å²) in [7, 11) is 0. The molecule has 0 amide bonds. The molecule has 7 nitrogen and oxygen atoms in total. The third-order valence-electron chi connectivity index (χ3n) is 5.02. The summed E-state index contributed by atoms with van der Waals surface area (Å²) < 4.78 is 10.9. The average molecular weight is 435 g/mol. The molecular weight excluding hydrogens is 416 g/mol. The molecule has 0 radical (unpaired) electrons. The van der Waals surface area contributed by atoms with Crippen LogP contribution in [-0.2, 0) is 6.42 Å². The fourth-order valence-electron chi connectivity index (χ4n) is 3.46. The van der Waals surface area contributed by atoms with Crippen LogP contribution in [-0.4, -0.2) is 33.4 Å². The highest BCUT2D eigenvalue weighted by Crippen LogP contribution is 2.38. The van der Waals surface area contributed by atoms with Gasteiger partial charge in [-0.3, -0.25) is 0 Å². The molecule has 156 valence electrons. The Morgan fingerprint density at radius 3 is 2.81 bits per heavy atom. The van der Waals surface area contributed by atoms with Crippen molar-refractivity contribution < 1.29 is 14.6 Å². The minimum Gasteiger partial charge on any atom is -0.507 e. The van der Waals surface area contributed by atoms with Gasteiger partial charge in [-0.05, 0) is 53.6 Å². The lowest BCUT2D eigenvalue weighted by Gasteiger charge is -2.13. The van der Waals surface area contributed by atoms with Crippen molar-refractivity contribution in [1.82, 2.24) is 15.0 Å². The molecule has 1 aliphatic heterocycles. The van der Waals surface area contributed by atoms with Gasteiger partial charge in [-0.2, -0.15) is 0 Å². The summed E-state index contributed by atoms with van der Waals surface area (Å²) in [4.78, 5) is 11.8. The van der Waals surface area contributed by atoms with Gasteiger partial charge in [-0.15, -0.1) is 0 Å². The Labute approximate surface area is 183 Å². The number of fused-ring (bicyclic) bond motifs is 1. The molecule has 0 fully saturated rings. The molecule has 0 spiro atoms. The molecule has 2 aromatic carbocycles. The zero-order valence-electron chi connectivity index (χ0n) is 16.4. The summed E-state index contributed by atoms with van der Waals surface area (Å²) in [6.07, 6.45) is 4.23. The Morgan fingerprint density at radius 2 is 1.94 bits per heavy atom. The third kappa shape index (κ3) is 4.13. The number of pyridine rings is 1. The normalized spacial score (nSPS) is 12.2. The van der Waals surface area contributed by atoms with Gasteiger partial charge >= 0.3 is 0 Å². The van der Waals surface area contributed by atoms with Crippen molar-refractivity contribution in [2.75, 3.05) is 18.7 Å². The van der Waals surface area contributed by atoms with Crippen molar-refractivity contribution in [3.63, 3.8) is 0 Å². The smallest absolute Gasteiger partial charge is 0.231 e. The number of benzene rings is 2. The summed E-state index contributed by atoms with van der Waals surface area (Å²) in [5.74, 6) is 2.23. The molecule has 3 heterocycles. The number of anilines is 1. The van der Waals surface area contributed by atoms with Crippen LogP contribution in [0.3, 0.4) is 0 Å². The molecular formula is C23H19ClN4O3. The van der Waals surface area contributed by atoms with Crippen LogP contribution in [0.4, 0.5) is 5.82 Å². The molecule has 4 aromatic rings. The summed E-state index contributed by atoms with van der Waals surface area (Å²) >= 11 is 6.17. The van der Waals surface area contributed by atoms with Gasteiger partial charge in [0.15, 0.2) is 11.5 Å². The lowest BCUT2D eigenvalue weighted by Crippen LogP contribution is -2.07. The number of hydrogen-bond acceptors (Lipinski definition) is 6. The van der Waals surface area contributed by atoms with E-state index in [0.29, 0.717) is 34.4 Å². The molecule has 0 bridgehead atoms. The van der Waals surface area contributed by atoms with Gasteiger partial charge in [0.25, 0.3) is 0 Å². The van der Waals surface area contributed by atoms with Gasteiger partial charge in [-0.1, -0.05) is 17.7 Å². The van der Waals surface area contributed by atoms with Gasteiger partial charge in [0.1, 0.15) is 11.6 Å². The second-order valence-electron chi connectivity index (χ2n) is 7.11. The van der Waals surface area contributed by atoms with Crippen molar-refractivity contribution in [2.45, 2.75) is 6.42 Å². The van der Waals surface area contributed by atoms with Crippen LogP contribution in [0.1, 0.15) is 5.69 Å². The fraction of sp³-hybridized carbons (Fsp3) is 0.130. The van der Waals surface area contributed by atoms with Crippen molar-refractivity contribution in [1.29, 1.82) is 0 Å². The molecule has 5 rings (SSSR count). The summed E-state index contributed by atoms with van der Waals surface area (Å²) in [5, 5.41) is 14.3. The van der Waals surface area contributed by atoms with Crippen LogP contribution >= 0.6 is 11.6 Å². The number of halogens is 1. The number of ether oxygens (including phenoxy) is 2. The van der Waals surface area contributed by atoms with E-state index in [9.17, 15) is 5.11 Å². The highest BCUT2D eigenvalue weighted by atomic mass is 35.5. The first-order valence-corrected chi connectivity index (χ1v) is 10.2. The molecule has 3 N–H and O–H groups in total. The molecule has 2 aromatic heterocycles. The van der Waals surface area contributed by atoms with Crippen LogP contribution < -0.4 is 14.8 Å². The van der Waals surface area contributed by atoms with E-state index in [-0.39, 0.29) is 12.5 Å². The number of nitrogens with zero attached hydrogens (tertiary/aromatic N) is 2. The largest absolute Gasteiger partial charge is 0.507 e. The van der Waals surface area contributed by atoms with E-state index in [4.69, 9.17) is 26.1 Å². The topological polar surface area (TPSA) is 92.3 Å². The van der Waals surface area contributed by atoms with E-state index in [2.05, 4.69) is 15.3 Å². The number of phenols is 1. The van der Waals surface area contributed by atoms with Crippen molar-refractivity contribution in [3.05, 3.63) is 71.8 Å². The molecule has 0 aliphatic carbocycles. The first kappa shape index (κ1) is 19.3. The zero-order chi connectivity index (χ0) is 21.2. The van der Waals surface area contributed by atoms with Crippen molar-refractivity contribution in [2.24, 2.45) is 0 Å². The van der Waals surface area contributed by atoms with E-state index in [0.717, 1.165) is 29.0 Å². The monoisotopic (exact) mass is 434 g/mol. The second-order valence-corrected chi connectivity index (χ2v) is 7.55. The second kappa shape index (κ2) is 8.20. The maximum Gasteiger partial charge on any atom is 0.231 e. The Hall–Kier alpha value is -3.71. The predicted octanol–water partition coefficient (Wildman–Crippen LogP) is 4.88. The quantitative estimate of drug-likeness (QED) is 0.400. The van der Waals surface area contributed by atoms with Gasteiger partial charge < -0.3 is 24.9 Å². The van der Waals surface area contributed by atoms with Crippen LogP contribution in [0.25, 0.3) is 22.4 Å². The van der Waals surface area contributed by atoms with Gasteiger partial charge in [0, 0.05) is 35.4 Å².